The molecule has 0 nitrogen and oxygen atoms in total. The minimum atomic E-state index is -1.92. The topological polar surface area (TPSA) is 0 Å². The van der Waals surface area contributed by atoms with Gasteiger partial charge in [0.05, 0.1) is 0 Å². The summed E-state index contributed by atoms with van der Waals surface area (Å²) >= 11 is -1.92. The number of hydrogen-bond acceptors (Lipinski definition) is 0. The van der Waals surface area contributed by atoms with E-state index in [9.17, 15) is 0 Å². The second-order valence-corrected chi connectivity index (χ2v) is 28.1. The van der Waals surface area contributed by atoms with Crippen molar-refractivity contribution in [1.82, 2.24) is 0 Å². The molecule has 2 aromatic rings. The quantitative estimate of drug-likeness (QED) is 0.372. The van der Waals surface area contributed by atoms with Gasteiger partial charge in [-0.05, 0) is 0 Å². The normalized spacial score (nSPS) is 17.9. The van der Waals surface area contributed by atoms with E-state index in [0.717, 1.165) is 7.25 Å². The Labute approximate surface area is 214 Å². The van der Waals surface area contributed by atoms with Crippen molar-refractivity contribution in [3.8, 4) is 0 Å². The fourth-order valence-electron chi connectivity index (χ4n) is 6.16. The monoisotopic (exact) mass is 557 g/mol. The van der Waals surface area contributed by atoms with E-state index in [1.54, 1.807) is 22.3 Å². The Kier molecular flexibility index (Phi) is 11.8. The van der Waals surface area contributed by atoms with Crippen molar-refractivity contribution >= 4 is 18.1 Å². The van der Waals surface area contributed by atoms with Crippen LogP contribution in [0.15, 0.2) is 59.7 Å². The maximum atomic E-state index is 2.63. The summed E-state index contributed by atoms with van der Waals surface area (Å²) in [5, 5.41) is 0. The number of halogens is 2. The Hall–Kier alpha value is -1.12. The van der Waals surface area contributed by atoms with Gasteiger partial charge in [0.1, 0.15) is 0 Å². The molecule has 0 radical (unpaired) electrons. The molecule has 2 aromatic carbocycles. The van der Waals surface area contributed by atoms with E-state index in [4.69, 9.17) is 0 Å². The Morgan fingerprint density at radius 2 is 1.06 bits per heavy atom. The molecule has 0 saturated carbocycles. The first kappa shape index (κ1) is 29.1. The molecular weight excluding hydrogens is 518 g/mol. The van der Waals surface area contributed by atoms with Gasteiger partial charge in [-0.25, -0.2) is 0 Å². The third-order valence-corrected chi connectivity index (χ3v) is 34.3. The van der Waals surface area contributed by atoms with Gasteiger partial charge in [0.15, 0.2) is 0 Å². The third-order valence-electron chi connectivity index (χ3n) is 7.80. The van der Waals surface area contributed by atoms with E-state index >= 15 is 0 Å². The average Bonchev–Trinajstić information content (AvgIpc) is 3.37. The van der Waals surface area contributed by atoms with Crippen molar-refractivity contribution in [3.63, 3.8) is 0 Å². The summed E-state index contributed by atoms with van der Waals surface area (Å²) in [5.74, 6) is -0.761. The molecule has 4 rings (SSSR count). The molecule has 0 saturated heterocycles. The second kappa shape index (κ2) is 13.8. The van der Waals surface area contributed by atoms with Crippen molar-refractivity contribution in [3.05, 3.63) is 81.9 Å². The van der Waals surface area contributed by atoms with E-state index in [1.165, 1.54) is 50.6 Å². The van der Waals surface area contributed by atoms with Crippen molar-refractivity contribution in [2.24, 2.45) is 0 Å². The van der Waals surface area contributed by atoms with Crippen LogP contribution in [0, 0.1) is 0 Å². The molecule has 2 atom stereocenters. The molecular formula is C30H41F2SiZr. The van der Waals surface area contributed by atoms with E-state index in [-0.39, 0.29) is 9.41 Å². The zero-order valence-electron chi connectivity index (χ0n) is 21.4. The van der Waals surface area contributed by atoms with Crippen LogP contribution in [-0.4, -0.2) is 5.92 Å². The van der Waals surface area contributed by atoms with E-state index in [0.29, 0.717) is 0 Å². The predicted octanol–water partition coefficient (Wildman–Crippen LogP) is 3.03. The zero-order valence-corrected chi connectivity index (χ0v) is 25.0. The Bertz CT molecular complexity index is 906. The van der Waals surface area contributed by atoms with Crippen LogP contribution in [0.1, 0.15) is 95.7 Å². The summed E-state index contributed by atoms with van der Waals surface area (Å²) in [6, 6.07) is 21.9. The number of allylic oxidation sites excluding steroid dienone is 2. The van der Waals surface area contributed by atoms with E-state index in [1.807, 2.05) is 11.1 Å². The van der Waals surface area contributed by atoms with Crippen LogP contribution in [-0.2, 0) is 20.9 Å². The van der Waals surface area contributed by atoms with Gasteiger partial charge in [-0.15, -0.1) is 0 Å². The van der Waals surface area contributed by atoms with Crippen LogP contribution < -0.4 is 9.41 Å². The van der Waals surface area contributed by atoms with E-state index < -0.39 is 26.8 Å². The first-order chi connectivity index (χ1) is 15.7. The maximum Gasteiger partial charge on any atom is -1.00 e. The molecule has 0 fully saturated rings. The van der Waals surface area contributed by atoms with Crippen LogP contribution in [0.25, 0.3) is 12.2 Å². The first-order valence-electron chi connectivity index (χ1n) is 13.2. The molecule has 0 amide bonds. The first-order valence-corrected chi connectivity index (χ1v) is 22.5. The number of hydrogen-bond donors (Lipinski definition) is 0. The molecule has 0 aromatic heterocycles. The zero-order chi connectivity index (χ0) is 22.5. The van der Waals surface area contributed by atoms with Crippen molar-refractivity contribution < 1.29 is 30.3 Å². The van der Waals surface area contributed by atoms with Gasteiger partial charge in [-0.1, -0.05) is 0 Å². The maximum absolute atomic E-state index is 2.63. The summed E-state index contributed by atoms with van der Waals surface area (Å²) in [5.41, 5.74) is 10.2. The van der Waals surface area contributed by atoms with Gasteiger partial charge in [-0.2, -0.15) is 0 Å². The Morgan fingerprint density at radius 1 is 0.647 bits per heavy atom. The van der Waals surface area contributed by atoms with Crippen LogP contribution >= 0.6 is 0 Å². The van der Waals surface area contributed by atoms with Crippen molar-refractivity contribution in [1.29, 1.82) is 0 Å². The van der Waals surface area contributed by atoms with Crippen molar-refractivity contribution in [2.75, 3.05) is 0 Å². The van der Waals surface area contributed by atoms with Crippen LogP contribution in [0.3, 0.4) is 0 Å². The molecule has 0 N–H and O–H groups in total. The summed E-state index contributed by atoms with van der Waals surface area (Å²) in [4.78, 5) is 0. The fourth-order valence-corrected chi connectivity index (χ4v) is 34.3. The number of fused-ring (bicyclic) bond motifs is 2. The standard InChI is InChI=1S/2C13H15.C4H11Si.2FH.Zr/c2*1-2-3-6-11-9-12-7-4-5-8-13(12)10-11;1-3-5-4-2;;;/h2*4-5,7-10H,2-3,6H2,1H3;5H,3-4H2,1-2H3;2*1H;/q;;;;;+2/p-2. The molecule has 0 heterocycles. The van der Waals surface area contributed by atoms with Gasteiger partial charge in [0.25, 0.3) is 0 Å². The number of unbranched alkanes of at least 4 members (excludes halogenated alkanes) is 2. The second-order valence-electron chi connectivity index (χ2n) is 9.78. The Morgan fingerprint density at radius 3 is 1.44 bits per heavy atom. The number of rotatable bonds is 11. The minimum Gasteiger partial charge on any atom is -1.00 e. The molecule has 0 spiro atoms. The minimum absolute atomic E-state index is 0. The SMILES string of the molecule is CCCCC1=Cc2ccccc2[CH]1[Zr+2]([CH]1C(CCCC)=Cc2ccccc21)[SiH](CC)CC.[F-].[F-]. The summed E-state index contributed by atoms with van der Waals surface area (Å²) in [6.45, 7) is 9.78. The molecule has 34 heavy (non-hydrogen) atoms. The largest absolute Gasteiger partial charge is 1.00 e. The van der Waals surface area contributed by atoms with Crippen LogP contribution in [0.4, 0.5) is 0 Å². The number of benzene rings is 2. The van der Waals surface area contributed by atoms with Crippen LogP contribution in [0.2, 0.25) is 12.1 Å². The van der Waals surface area contributed by atoms with Gasteiger partial charge in [0, 0.05) is 0 Å². The van der Waals surface area contributed by atoms with Gasteiger partial charge in [-0.3, -0.25) is 0 Å². The molecule has 4 heteroatoms. The van der Waals surface area contributed by atoms with Crippen molar-refractivity contribution in [2.45, 2.75) is 85.6 Å². The van der Waals surface area contributed by atoms with Gasteiger partial charge < -0.3 is 9.41 Å². The average molecular weight is 559 g/mol. The van der Waals surface area contributed by atoms with E-state index in [2.05, 4.69) is 88.4 Å². The summed E-state index contributed by atoms with van der Waals surface area (Å²) < 4.78 is 1.63. The molecule has 2 aliphatic carbocycles. The molecule has 2 unspecified atom stereocenters. The summed E-state index contributed by atoms with van der Waals surface area (Å²) in [6.07, 6.45) is 13.2. The third kappa shape index (κ3) is 5.81. The Balaban J connectivity index is 0.00000204. The molecule has 183 valence electrons. The van der Waals surface area contributed by atoms with Gasteiger partial charge in [0.2, 0.25) is 0 Å². The predicted molar refractivity (Wildman–Crippen MR) is 141 cm³/mol. The molecule has 0 bridgehead atoms. The van der Waals surface area contributed by atoms with Crippen LogP contribution in [0.5, 0.6) is 0 Å². The molecule has 2 aliphatic rings. The molecule has 0 aliphatic heterocycles. The van der Waals surface area contributed by atoms with Gasteiger partial charge >= 0.3 is 206 Å². The summed E-state index contributed by atoms with van der Waals surface area (Å²) in [7, 11) is 0. The smallest absolute Gasteiger partial charge is 1.00 e. The fraction of sp³-hybridized carbons (Fsp3) is 0.467.